The van der Waals surface area contributed by atoms with Crippen LogP contribution in [0.5, 0.6) is 0 Å². The van der Waals surface area contributed by atoms with Gasteiger partial charge in [-0.15, -0.1) is 0 Å². The third kappa shape index (κ3) is 3.33. The predicted molar refractivity (Wildman–Crippen MR) is 71.5 cm³/mol. The van der Waals surface area contributed by atoms with E-state index in [9.17, 15) is 4.79 Å². The zero-order chi connectivity index (χ0) is 12.8. The molecular formula is C15H21NO2. The summed E-state index contributed by atoms with van der Waals surface area (Å²) in [6.45, 7) is 2.40. The summed E-state index contributed by atoms with van der Waals surface area (Å²) in [6, 6.07) is 7.74. The minimum Gasteiger partial charge on any atom is -0.380 e. The van der Waals surface area contributed by atoms with Gasteiger partial charge in [-0.1, -0.05) is 25.0 Å². The van der Waals surface area contributed by atoms with Gasteiger partial charge in [0.15, 0.2) is 0 Å². The molecule has 3 heteroatoms. The lowest BCUT2D eigenvalue weighted by Gasteiger charge is -2.20. The molecule has 0 spiro atoms. The van der Waals surface area contributed by atoms with Crippen molar-refractivity contribution in [2.75, 3.05) is 20.2 Å². The SMILES string of the molecule is COCc1ccc(C(=O)N2CCCCCC2)cc1. The molecule has 0 aliphatic carbocycles. The highest BCUT2D eigenvalue weighted by Crippen LogP contribution is 2.14. The normalized spacial score (nSPS) is 16.4. The second kappa shape index (κ2) is 6.55. The molecule has 1 fully saturated rings. The van der Waals surface area contributed by atoms with Gasteiger partial charge in [0.1, 0.15) is 0 Å². The molecule has 1 aliphatic heterocycles. The number of benzene rings is 1. The van der Waals surface area contributed by atoms with Crippen LogP contribution in [0.4, 0.5) is 0 Å². The quantitative estimate of drug-likeness (QED) is 0.822. The number of amides is 1. The standard InChI is InChI=1S/C15H21NO2/c1-18-12-13-6-8-14(9-7-13)15(17)16-10-4-2-3-5-11-16/h6-9H,2-5,10-12H2,1H3. The molecule has 0 unspecified atom stereocenters. The van der Waals surface area contributed by atoms with Crippen LogP contribution in [0.15, 0.2) is 24.3 Å². The number of hydrogen-bond donors (Lipinski definition) is 0. The van der Waals surface area contributed by atoms with Crippen molar-refractivity contribution in [3.8, 4) is 0 Å². The molecule has 0 saturated carbocycles. The van der Waals surface area contributed by atoms with Crippen molar-refractivity contribution in [1.29, 1.82) is 0 Å². The van der Waals surface area contributed by atoms with Gasteiger partial charge in [0, 0.05) is 25.8 Å². The lowest BCUT2D eigenvalue weighted by molar-refractivity contribution is 0.0761. The summed E-state index contributed by atoms with van der Waals surface area (Å²) in [5, 5.41) is 0. The van der Waals surface area contributed by atoms with E-state index in [2.05, 4.69) is 0 Å². The molecule has 1 aromatic rings. The average Bonchev–Trinajstić information content (AvgIpc) is 2.68. The minimum atomic E-state index is 0.167. The van der Waals surface area contributed by atoms with Crippen molar-refractivity contribution < 1.29 is 9.53 Å². The molecule has 0 aromatic heterocycles. The van der Waals surface area contributed by atoms with Crippen molar-refractivity contribution in [2.45, 2.75) is 32.3 Å². The van der Waals surface area contributed by atoms with Crippen molar-refractivity contribution >= 4 is 5.91 Å². The van der Waals surface area contributed by atoms with Gasteiger partial charge in [0.25, 0.3) is 5.91 Å². The largest absolute Gasteiger partial charge is 0.380 e. The Balaban J connectivity index is 2.02. The first kappa shape index (κ1) is 13.1. The maximum absolute atomic E-state index is 12.3. The third-order valence-electron chi connectivity index (χ3n) is 3.41. The van der Waals surface area contributed by atoms with Crippen LogP contribution in [0.2, 0.25) is 0 Å². The van der Waals surface area contributed by atoms with Crippen LogP contribution < -0.4 is 0 Å². The molecular weight excluding hydrogens is 226 g/mol. The summed E-state index contributed by atoms with van der Waals surface area (Å²) in [5.41, 5.74) is 1.89. The predicted octanol–water partition coefficient (Wildman–Crippen LogP) is 2.85. The third-order valence-corrected chi connectivity index (χ3v) is 3.41. The number of hydrogen-bond acceptors (Lipinski definition) is 2. The Morgan fingerprint density at radius 2 is 1.72 bits per heavy atom. The van der Waals surface area contributed by atoms with Crippen LogP contribution in [-0.4, -0.2) is 31.0 Å². The number of carbonyl (C=O) groups is 1. The number of likely N-dealkylation sites (tertiary alicyclic amines) is 1. The van der Waals surface area contributed by atoms with Gasteiger partial charge in [0.2, 0.25) is 0 Å². The van der Waals surface area contributed by atoms with E-state index < -0.39 is 0 Å². The molecule has 1 heterocycles. The van der Waals surface area contributed by atoms with Crippen molar-refractivity contribution in [1.82, 2.24) is 4.90 Å². The minimum absolute atomic E-state index is 0.167. The molecule has 1 saturated heterocycles. The Hall–Kier alpha value is -1.35. The first-order valence-electron chi connectivity index (χ1n) is 6.68. The van der Waals surface area contributed by atoms with E-state index >= 15 is 0 Å². The van der Waals surface area contributed by atoms with E-state index in [0.29, 0.717) is 6.61 Å². The van der Waals surface area contributed by atoms with E-state index in [1.54, 1.807) is 7.11 Å². The summed E-state index contributed by atoms with van der Waals surface area (Å²) < 4.78 is 5.07. The number of rotatable bonds is 3. The van der Waals surface area contributed by atoms with Crippen LogP contribution in [-0.2, 0) is 11.3 Å². The van der Waals surface area contributed by atoms with Crippen LogP contribution in [0, 0.1) is 0 Å². The molecule has 0 N–H and O–H groups in total. The molecule has 1 aromatic carbocycles. The Kier molecular flexibility index (Phi) is 4.76. The summed E-state index contributed by atoms with van der Waals surface area (Å²) in [4.78, 5) is 14.3. The molecule has 3 nitrogen and oxygen atoms in total. The smallest absolute Gasteiger partial charge is 0.253 e. The van der Waals surface area contributed by atoms with E-state index in [-0.39, 0.29) is 5.91 Å². The molecule has 0 bridgehead atoms. The molecule has 0 atom stereocenters. The van der Waals surface area contributed by atoms with Gasteiger partial charge in [-0.25, -0.2) is 0 Å². The van der Waals surface area contributed by atoms with Crippen molar-refractivity contribution in [2.24, 2.45) is 0 Å². The molecule has 98 valence electrons. The van der Waals surface area contributed by atoms with Crippen LogP contribution in [0.3, 0.4) is 0 Å². The van der Waals surface area contributed by atoms with E-state index in [4.69, 9.17) is 4.74 Å². The number of methoxy groups -OCH3 is 1. The van der Waals surface area contributed by atoms with Gasteiger partial charge in [0.05, 0.1) is 6.61 Å². The maximum Gasteiger partial charge on any atom is 0.253 e. The zero-order valence-corrected chi connectivity index (χ0v) is 11.0. The summed E-state index contributed by atoms with van der Waals surface area (Å²) >= 11 is 0. The highest BCUT2D eigenvalue weighted by Gasteiger charge is 2.16. The van der Waals surface area contributed by atoms with E-state index in [1.807, 2.05) is 29.2 Å². The summed E-state index contributed by atoms with van der Waals surface area (Å²) in [7, 11) is 1.68. The Bertz CT molecular complexity index is 378. The topological polar surface area (TPSA) is 29.5 Å². The molecule has 18 heavy (non-hydrogen) atoms. The first-order chi connectivity index (χ1) is 8.81. The highest BCUT2D eigenvalue weighted by molar-refractivity contribution is 5.94. The van der Waals surface area contributed by atoms with Gasteiger partial charge >= 0.3 is 0 Å². The van der Waals surface area contributed by atoms with E-state index in [0.717, 1.165) is 37.1 Å². The highest BCUT2D eigenvalue weighted by atomic mass is 16.5. The van der Waals surface area contributed by atoms with Gasteiger partial charge in [-0.05, 0) is 30.5 Å². The Morgan fingerprint density at radius 1 is 1.11 bits per heavy atom. The molecule has 1 aliphatic rings. The van der Waals surface area contributed by atoms with E-state index in [1.165, 1.54) is 12.8 Å². The number of nitrogens with zero attached hydrogens (tertiary/aromatic N) is 1. The number of ether oxygens (including phenoxy) is 1. The first-order valence-corrected chi connectivity index (χ1v) is 6.68. The lowest BCUT2D eigenvalue weighted by atomic mass is 10.1. The monoisotopic (exact) mass is 247 g/mol. The fraction of sp³-hybridized carbons (Fsp3) is 0.533. The molecule has 0 radical (unpaired) electrons. The molecule has 1 amide bonds. The second-order valence-electron chi connectivity index (χ2n) is 4.84. The van der Waals surface area contributed by atoms with Crippen molar-refractivity contribution in [3.63, 3.8) is 0 Å². The fourth-order valence-corrected chi connectivity index (χ4v) is 2.37. The summed E-state index contributed by atoms with van der Waals surface area (Å²) in [5.74, 6) is 0.167. The Morgan fingerprint density at radius 3 is 2.28 bits per heavy atom. The number of carbonyl (C=O) groups excluding carboxylic acids is 1. The van der Waals surface area contributed by atoms with Crippen LogP contribution in [0.25, 0.3) is 0 Å². The molecule has 2 rings (SSSR count). The van der Waals surface area contributed by atoms with Gasteiger partial charge in [-0.2, -0.15) is 0 Å². The van der Waals surface area contributed by atoms with Crippen LogP contribution in [0.1, 0.15) is 41.6 Å². The average molecular weight is 247 g/mol. The van der Waals surface area contributed by atoms with Gasteiger partial charge < -0.3 is 9.64 Å². The zero-order valence-electron chi connectivity index (χ0n) is 11.0. The van der Waals surface area contributed by atoms with Crippen molar-refractivity contribution in [3.05, 3.63) is 35.4 Å². The summed E-state index contributed by atoms with van der Waals surface area (Å²) in [6.07, 6.45) is 4.76. The lowest BCUT2D eigenvalue weighted by Crippen LogP contribution is -2.31. The van der Waals surface area contributed by atoms with Crippen LogP contribution >= 0.6 is 0 Å². The van der Waals surface area contributed by atoms with Gasteiger partial charge in [-0.3, -0.25) is 4.79 Å². The fourth-order valence-electron chi connectivity index (χ4n) is 2.37. The Labute approximate surface area is 109 Å². The maximum atomic E-state index is 12.3. The second-order valence-corrected chi connectivity index (χ2v) is 4.84.